The Kier molecular flexibility index (Phi) is 2.18. The van der Waals surface area contributed by atoms with Crippen molar-refractivity contribution in [1.29, 1.82) is 0 Å². The Labute approximate surface area is 60.7 Å². The van der Waals surface area contributed by atoms with Crippen LogP contribution < -0.4 is 0 Å². The zero-order valence-corrected chi connectivity index (χ0v) is 7.04. The van der Waals surface area contributed by atoms with Gasteiger partial charge < -0.3 is 0 Å². The fraction of sp³-hybridized carbons (Fsp3) is 0.143. The van der Waals surface area contributed by atoms with Crippen LogP contribution in [-0.4, -0.2) is 25.9 Å². The summed E-state index contributed by atoms with van der Waals surface area (Å²) in [6.07, 6.45) is 3.81. The molecule has 2 heteroatoms. The Morgan fingerprint density at radius 2 is 2.44 bits per heavy atom. The summed E-state index contributed by atoms with van der Waals surface area (Å²) < 4.78 is 0. The van der Waals surface area contributed by atoms with E-state index in [-0.39, 0.29) is 21.1 Å². The Balaban J connectivity index is 2.84. The molecule has 1 heterocycles. The van der Waals surface area contributed by atoms with Gasteiger partial charge in [-0.1, -0.05) is 0 Å². The Morgan fingerprint density at radius 3 is 2.78 bits per heavy atom. The van der Waals surface area contributed by atoms with Crippen molar-refractivity contribution in [2.45, 2.75) is 6.92 Å². The first-order chi connectivity index (χ1) is 4.30. The zero-order chi connectivity index (χ0) is 6.69. The second-order valence-electron chi connectivity index (χ2n) is 1.79. The standard InChI is InChI=1S/C7H7AsO/c1-6(9)7-2-4-8-5-3-7/h2-5H,1H3. The first kappa shape index (κ1) is 6.70. The average molecular weight is 182 g/mol. The van der Waals surface area contributed by atoms with Crippen LogP contribution in [0.3, 0.4) is 0 Å². The number of allylic oxidation sites excluding steroid dienone is 3. The van der Waals surface area contributed by atoms with E-state index in [9.17, 15) is 4.79 Å². The molecular formula is C7H7AsO. The van der Waals surface area contributed by atoms with Gasteiger partial charge in [0.15, 0.2) is 0 Å². The Morgan fingerprint density at radius 1 is 1.67 bits per heavy atom. The molecule has 0 spiro atoms. The molecule has 0 saturated carbocycles. The minimum atomic E-state index is 0.156. The van der Waals surface area contributed by atoms with E-state index in [1.54, 1.807) is 6.92 Å². The van der Waals surface area contributed by atoms with Gasteiger partial charge in [0.1, 0.15) is 0 Å². The van der Waals surface area contributed by atoms with Gasteiger partial charge in [-0.25, -0.2) is 0 Å². The third kappa shape index (κ3) is 1.76. The molecule has 0 aliphatic carbocycles. The summed E-state index contributed by atoms with van der Waals surface area (Å²) >= 11 is 0.250. The first-order valence-corrected chi connectivity index (χ1v) is 4.88. The summed E-state index contributed by atoms with van der Waals surface area (Å²) in [4.78, 5) is 14.8. The molecule has 0 atom stereocenters. The minimum absolute atomic E-state index is 0.156. The van der Waals surface area contributed by atoms with Gasteiger partial charge >= 0.3 is 60.2 Å². The molecule has 0 N–H and O–H groups in total. The molecule has 9 heavy (non-hydrogen) atoms. The van der Waals surface area contributed by atoms with E-state index in [4.69, 9.17) is 0 Å². The number of hydrogen-bond donors (Lipinski definition) is 0. The number of rotatable bonds is 1. The van der Waals surface area contributed by atoms with Crippen molar-refractivity contribution in [3.05, 3.63) is 22.6 Å². The van der Waals surface area contributed by atoms with E-state index in [1.165, 1.54) is 0 Å². The van der Waals surface area contributed by atoms with Gasteiger partial charge in [0.25, 0.3) is 0 Å². The van der Waals surface area contributed by atoms with Crippen molar-refractivity contribution in [3.63, 3.8) is 0 Å². The third-order valence-corrected chi connectivity index (χ3v) is 2.43. The SMILES string of the molecule is CC(=O)C1=CC=[As]C=C1. The van der Waals surface area contributed by atoms with Crippen molar-refractivity contribution in [2.75, 3.05) is 0 Å². The van der Waals surface area contributed by atoms with E-state index in [0.29, 0.717) is 0 Å². The van der Waals surface area contributed by atoms with Crippen LogP contribution in [0.15, 0.2) is 22.6 Å². The second kappa shape index (κ2) is 2.93. The summed E-state index contributed by atoms with van der Waals surface area (Å²) in [6, 6.07) is 0. The van der Waals surface area contributed by atoms with Gasteiger partial charge in [0.05, 0.1) is 0 Å². The van der Waals surface area contributed by atoms with Crippen LogP contribution >= 0.6 is 0 Å². The Hall–Kier alpha value is -0.422. The van der Waals surface area contributed by atoms with E-state index >= 15 is 0 Å². The molecule has 0 saturated heterocycles. The molecular weight excluding hydrogens is 175 g/mol. The van der Waals surface area contributed by atoms with Gasteiger partial charge in [0.2, 0.25) is 0 Å². The fourth-order valence-corrected chi connectivity index (χ4v) is 1.83. The normalized spacial score (nSPS) is 17.2. The summed E-state index contributed by atoms with van der Waals surface area (Å²) in [6.45, 7) is 1.59. The molecule has 1 rings (SSSR count). The molecule has 0 amide bonds. The molecule has 0 fully saturated rings. The molecule has 1 nitrogen and oxygen atoms in total. The fourth-order valence-electron chi connectivity index (χ4n) is 0.587. The number of ketones is 1. The topological polar surface area (TPSA) is 17.1 Å². The van der Waals surface area contributed by atoms with Crippen molar-refractivity contribution < 1.29 is 4.79 Å². The first-order valence-electron chi connectivity index (χ1n) is 2.71. The molecule has 1 aliphatic rings. The van der Waals surface area contributed by atoms with Crippen LogP contribution in [0.1, 0.15) is 6.92 Å². The second-order valence-corrected chi connectivity index (χ2v) is 3.67. The number of carbonyl (C=O) groups excluding carboxylic acids is 1. The van der Waals surface area contributed by atoms with Crippen molar-refractivity contribution in [1.82, 2.24) is 0 Å². The van der Waals surface area contributed by atoms with Crippen LogP contribution in [0.2, 0.25) is 0 Å². The molecule has 46 valence electrons. The Bertz CT molecular complexity index is 211. The average Bonchev–Trinajstić information content (AvgIpc) is 1.90. The molecule has 0 aromatic heterocycles. The van der Waals surface area contributed by atoms with Crippen molar-refractivity contribution in [2.24, 2.45) is 0 Å². The van der Waals surface area contributed by atoms with Crippen molar-refractivity contribution >= 4 is 25.9 Å². The molecule has 0 bridgehead atoms. The van der Waals surface area contributed by atoms with E-state index < -0.39 is 0 Å². The summed E-state index contributed by atoms with van der Waals surface area (Å²) in [5.41, 5.74) is 0.830. The predicted molar refractivity (Wildman–Crippen MR) is 39.7 cm³/mol. The van der Waals surface area contributed by atoms with E-state index in [1.807, 2.05) is 12.2 Å². The summed E-state index contributed by atoms with van der Waals surface area (Å²) in [5.74, 6) is 0.156. The summed E-state index contributed by atoms with van der Waals surface area (Å²) in [7, 11) is 0. The monoisotopic (exact) mass is 182 g/mol. The van der Waals surface area contributed by atoms with Crippen molar-refractivity contribution in [3.8, 4) is 0 Å². The third-order valence-electron chi connectivity index (χ3n) is 1.09. The summed E-state index contributed by atoms with van der Waals surface area (Å²) in [5, 5.41) is 0. The molecule has 0 aromatic rings. The number of hydrogen-bond acceptors (Lipinski definition) is 1. The van der Waals surface area contributed by atoms with Crippen LogP contribution in [0.5, 0.6) is 0 Å². The van der Waals surface area contributed by atoms with Gasteiger partial charge in [0, 0.05) is 0 Å². The van der Waals surface area contributed by atoms with Gasteiger partial charge in [-0.3, -0.25) is 0 Å². The molecule has 0 unspecified atom stereocenters. The van der Waals surface area contributed by atoms with Crippen LogP contribution in [0.25, 0.3) is 0 Å². The number of Topliss-reactive ketones (excluding diaryl/α,β-unsaturated/α-hetero) is 1. The quantitative estimate of drug-likeness (QED) is 0.541. The number of carbonyl (C=O) groups is 1. The van der Waals surface area contributed by atoms with Crippen LogP contribution in [0.4, 0.5) is 0 Å². The molecule has 0 aromatic carbocycles. The van der Waals surface area contributed by atoms with E-state index in [0.717, 1.165) is 5.57 Å². The van der Waals surface area contributed by atoms with Gasteiger partial charge in [-0.05, 0) is 0 Å². The zero-order valence-electron chi connectivity index (χ0n) is 5.16. The molecule has 1 aliphatic heterocycles. The maximum atomic E-state index is 10.7. The predicted octanol–water partition coefficient (Wildman–Crippen LogP) is 0.535. The van der Waals surface area contributed by atoms with Gasteiger partial charge in [-0.15, -0.1) is 0 Å². The van der Waals surface area contributed by atoms with Gasteiger partial charge in [-0.2, -0.15) is 0 Å². The molecule has 0 radical (unpaired) electrons. The van der Waals surface area contributed by atoms with Crippen LogP contribution in [-0.2, 0) is 4.79 Å². The van der Waals surface area contributed by atoms with Crippen LogP contribution in [0, 0.1) is 0 Å². The maximum absolute atomic E-state index is 10.7. The van der Waals surface area contributed by atoms with E-state index in [2.05, 4.69) is 9.67 Å².